The molecule has 1 aliphatic rings. The van der Waals surface area contributed by atoms with E-state index in [0.29, 0.717) is 11.6 Å². The summed E-state index contributed by atoms with van der Waals surface area (Å²) >= 11 is 0. The van der Waals surface area contributed by atoms with E-state index in [1.54, 1.807) is 6.07 Å². The molecular weight excluding hydrogens is 240 g/mol. The first kappa shape index (κ1) is 11.7. The van der Waals surface area contributed by atoms with Gasteiger partial charge in [0.15, 0.2) is 0 Å². The van der Waals surface area contributed by atoms with Gasteiger partial charge >= 0.3 is 5.69 Å². The minimum Gasteiger partial charge on any atom is -0.350 e. The summed E-state index contributed by atoms with van der Waals surface area (Å²) in [6.07, 6.45) is 2.20. The van der Waals surface area contributed by atoms with Gasteiger partial charge in [-0.05, 0) is 42.5 Å². The van der Waals surface area contributed by atoms with Crippen molar-refractivity contribution in [2.24, 2.45) is 0 Å². The zero-order valence-electron chi connectivity index (χ0n) is 10.3. The molecule has 3 rings (SSSR count). The van der Waals surface area contributed by atoms with Crippen molar-refractivity contribution in [2.75, 3.05) is 5.32 Å². The van der Waals surface area contributed by atoms with Gasteiger partial charge in [-0.25, -0.2) is 0 Å². The molecule has 0 aromatic heterocycles. The molecule has 0 bridgehead atoms. The molecule has 2 aromatic rings. The summed E-state index contributed by atoms with van der Waals surface area (Å²) in [6.45, 7) is 0. The lowest BCUT2D eigenvalue weighted by molar-refractivity contribution is -0.384. The summed E-state index contributed by atoms with van der Waals surface area (Å²) in [4.78, 5) is 10.8. The van der Waals surface area contributed by atoms with Crippen LogP contribution in [0.15, 0.2) is 42.5 Å². The number of nitro groups is 1. The lowest BCUT2D eigenvalue weighted by atomic mass is 10.1. The number of nitro benzene ring substituents is 1. The Morgan fingerprint density at radius 3 is 2.58 bits per heavy atom. The molecule has 0 saturated heterocycles. The highest BCUT2D eigenvalue weighted by Crippen LogP contribution is 2.46. The summed E-state index contributed by atoms with van der Waals surface area (Å²) in [6, 6.07) is 15.8. The highest BCUT2D eigenvalue weighted by molar-refractivity contribution is 5.73. The van der Waals surface area contributed by atoms with Crippen LogP contribution in [-0.2, 0) is 0 Å². The smallest absolute Gasteiger partial charge is 0.300 e. The van der Waals surface area contributed by atoms with Crippen LogP contribution in [-0.4, -0.2) is 4.92 Å². The number of rotatable bonds is 4. The number of benzene rings is 2. The maximum absolute atomic E-state index is 11.1. The lowest BCUT2D eigenvalue weighted by Gasteiger charge is -2.11. The molecule has 0 atom stereocenters. The molecule has 19 heavy (non-hydrogen) atoms. The molecular formula is C15H13N2O2. The number of anilines is 2. The fourth-order valence-electron chi connectivity index (χ4n) is 2.18. The monoisotopic (exact) mass is 253 g/mol. The van der Waals surface area contributed by atoms with Gasteiger partial charge < -0.3 is 5.32 Å². The molecule has 0 spiro atoms. The fraction of sp³-hybridized carbons (Fsp3) is 0.200. The van der Waals surface area contributed by atoms with Crippen LogP contribution in [0.5, 0.6) is 0 Å². The average molecular weight is 253 g/mol. The van der Waals surface area contributed by atoms with Gasteiger partial charge in [0.2, 0.25) is 0 Å². The number of hydrogen-bond donors (Lipinski definition) is 1. The van der Waals surface area contributed by atoms with Gasteiger partial charge in [-0.1, -0.05) is 24.3 Å². The van der Waals surface area contributed by atoms with Gasteiger partial charge in [0, 0.05) is 5.69 Å². The molecule has 0 heterocycles. The standard InChI is InChI=1S/C15H13N2O2/c18-17(19)14-8-4-7-13(11-9-10-11)15(14)16-12-5-2-1-3-6-12/h1-7,11,16H,9-10H2. The van der Waals surface area contributed by atoms with Gasteiger partial charge in [0.05, 0.1) is 11.0 Å². The van der Waals surface area contributed by atoms with Crippen LogP contribution in [0.4, 0.5) is 17.1 Å². The first-order chi connectivity index (χ1) is 9.25. The predicted molar refractivity (Wildman–Crippen MR) is 73.6 cm³/mol. The predicted octanol–water partition coefficient (Wildman–Crippen LogP) is 4.02. The molecule has 1 radical (unpaired) electrons. The Balaban J connectivity index is 2.04. The van der Waals surface area contributed by atoms with Crippen LogP contribution in [0.3, 0.4) is 0 Å². The molecule has 1 saturated carbocycles. The normalized spacial score (nSPS) is 14.1. The van der Waals surface area contributed by atoms with Crippen molar-refractivity contribution in [1.29, 1.82) is 0 Å². The molecule has 1 aliphatic carbocycles. The van der Waals surface area contributed by atoms with Crippen molar-refractivity contribution in [3.8, 4) is 0 Å². The largest absolute Gasteiger partial charge is 0.350 e. The summed E-state index contributed by atoms with van der Waals surface area (Å²) < 4.78 is 0. The molecule has 1 fully saturated rings. The minimum absolute atomic E-state index is 0.0215. The quantitative estimate of drug-likeness (QED) is 0.661. The van der Waals surface area contributed by atoms with Crippen molar-refractivity contribution in [2.45, 2.75) is 18.8 Å². The van der Waals surface area contributed by atoms with Crippen molar-refractivity contribution < 1.29 is 4.92 Å². The van der Waals surface area contributed by atoms with E-state index in [2.05, 4.69) is 11.4 Å². The highest BCUT2D eigenvalue weighted by atomic mass is 16.6. The second-order valence-electron chi connectivity index (χ2n) is 4.68. The van der Waals surface area contributed by atoms with Gasteiger partial charge in [-0.2, -0.15) is 0 Å². The van der Waals surface area contributed by atoms with E-state index in [9.17, 15) is 10.1 Å². The summed E-state index contributed by atoms with van der Waals surface area (Å²) in [5.74, 6) is 0.444. The van der Waals surface area contributed by atoms with Crippen molar-refractivity contribution >= 4 is 17.1 Å². The molecule has 0 aliphatic heterocycles. The van der Waals surface area contributed by atoms with Crippen LogP contribution in [0.25, 0.3) is 0 Å². The maximum Gasteiger partial charge on any atom is 0.300 e. The Morgan fingerprint density at radius 2 is 1.95 bits per heavy atom. The van der Waals surface area contributed by atoms with Crippen LogP contribution in [0.1, 0.15) is 24.3 Å². The third kappa shape index (κ3) is 2.42. The number of nitrogens with one attached hydrogen (secondary N) is 1. The highest BCUT2D eigenvalue weighted by Gasteiger charge is 2.30. The SMILES string of the molecule is O=[N+]([O-])c1[c]ccc(C2CC2)c1Nc1ccccc1. The number of nitrogens with zero attached hydrogens (tertiary/aromatic N) is 1. The van der Waals surface area contributed by atoms with E-state index in [-0.39, 0.29) is 10.6 Å². The van der Waals surface area contributed by atoms with E-state index in [1.165, 1.54) is 0 Å². The van der Waals surface area contributed by atoms with Crippen molar-refractivity contribution in [3.63, 3.8) is 0 Å². The van der Waals surface area contributed by atoms with E-state index in [0.717, 1.165) is 24.1 Å². The number of hydrogen-bond acceptors (Lipinski definition) is 3. The third-order valence-corrected chi connectivity index (χ3v) is 3.25. The molecule has 95 valence electrons. The van der Waals surface area contributed by atoms with Crippen molar-refractivity contribution in [1.82, 2.24) is 0 Å². The van der Waals surface area contributed by atoms with E-state index >= 15 is 0 Å². The third-order valence-electron chi connectivity index (χ3n) is 3.25. The van der Waals surface area contributed by atoms with E-state index < -0.39 is 0 Å². The van der Waals surface area contributed by atoms with E-state index in [4.69, 9.17) is 0 Å². The van der Waals surface area contributed by atoms with Crippen LogP contribution < -0.4 is 5.32 Å². The Labute approximate surface area is 111 Å². The molecule has 4 nitrogen and oxygen atoms in total. The average Bonchev–Trinajstić information content (AvgIpc) is 3.24. The Kier molecular flexibility index (Phi) is 2.91. The fourth-order valence-corrected chi connectivity index (χ4v) is 2.18. The molecule has 1 N–H and O–H groups in total. The van der Waals surface area contributed by atoms with Crippen LogP contribution in [0, 0.1) is 16.2 Å². The Bertz CT molecular complexity index is 607. The topological polar surface area (TPSA) is 55.2 Å². The Morgan fingerprint density at radius 1 is 1.21 bits per heavy atom. The van der Waals surface area contributed by atoms with Crippen molar-refractivity contribution in [3.05, 3.63) is 64.2 Å². The van der Waals surface area contributed by atoms with Crippen LogP contribution in [0.2, 0.25) is 0 Å². The van der Waals surface area contributed by atoms with E-state index in [1.807, 2.05) is 36.4 Å². The zero-order chi connectivity index (χ0) is 13.2. The first-order valence-corrected chi connectivity index (χ1v) is 6.27. The number of para-hydroxylation sites is 1. The lowest BCUT2D eigenvalue weighted by Crippen LogP contribution is -2.00. The Hall–Kier alpha value is -2.36. The zero-order valence-corrected chi connectivity index (χ0v) is 10.3. The minimum atomic E-state index is -0.378. The second kappa shape index (κ2) is 4.72. The van der Waals surface area contributed by atoms with Gasteiger partial charge in [0.25, 0.3) is 0 Å². The summed E-state index contributed by atoms with van der Waals surface area (Å²) in [7, 11) is 0. The summed E-state index contributed by atoms with van der Waals surface area (Å²) in [5, 5.41) is 14.3. The molecule has 4 heteroatoms. The molecule has 0 unspecified atom stereocenters. The van der Waals surface area contributed by atoms with Crippen LogP contribution >= 0.6 is 0 Å². The van der Waals surface area contributed by atoms with Gasteiger partial charge in [0.1, 0.15) is 5.69 Å². The van der Waals surface area contributed by atoms with Gasteiger partial charge in [-0.3, -0.25) is 10.1 Å². The second-order valence-corrected chi connectivity index (χ2v) is 4.68. The maximum atomic E-state index is 11.1. The molecule has 2 aromatic carbocycles. The summed E-state index contributed by atoms with van der Waals surface area (Å²) in [5.41, 5.74) is 2.48. The van der Waals surface area contributed by atoms with Gasteiger partial charge in [-0.15, -0.1) is 0 Å². The first-order valence-electron chi connectivity index (χ1n) is 6.27. The molecule has 0 amide bonds.